The molecule has 0 aliphatic heterocycles. The van der Waals surface area contributed by atoms with Crippen LogP contribution in [0.15, 0.2) is 24.3 Å². The summed E-state index contributed by atoms with van der Waals surface area (Å²) in [5.74, 6) is -3.89. The number of hydrogen-bond acceptors (Lipinski definition) is 0. The summed E-state index contributed by atoms with van der Waals surface area (Å²) in [6.07, 6.45) is 10.5. The smallest absolute Gasteiger partial charge is 0.194 e. The zero-order valence-corrected chi connectivity index (χ0v) is 17.9. The van der Waals surface area contributed by atoms with Crippen LogP contribution in [0.5, 0.6) is 0 Å². The topological polar surface area (TPSA) is 0 Å². The third kappa shape index (κ3) is 4.65. The van der Waals surface area contributed by atoms with Gasteiger partial charge in [0.25, 0.3) is 0 Å². The molecule has 2 aromatic rings. The van der Waals surface area contributed by atoms with Crippen LogP contribution in [0.1, 0.15) is 76.2 Å². The van der Waals surface area contributed by atoms with Crippen molar-refractivity contribution >= 4 is 0 Å². The number of benzene rings is 2. The molecule has 2 fully saturated rings. The lowest BCUT2D eigenvalue weighted by Crippen LogP contribution is -2.25. The molecule has 0 heterocycles. The Morgan fingerprint density at radius 3 is 1.61 bits per heavy atom. The van der Waals surface area contributed by atoms with Gasteiger partial charge in [-0.25, -0.2) is 22.0 Å². The molecule has 31 heavy (non-hydrogen) atoms. The molecule has 0 atom stereocenters. The summed E-state index contributed by atoms with van der Waals surface area (Å²) >= 11 is 0. The lowest BCUT2D eigenvalue weighted by molar-refractivity contribution is 0.158. The lowest BCUT2D eigenvalue weighted by Gasteiger charge is -2.38. The minimum Gasteiger partial charge on any atom is -0.206 e. The summed E-state index contributed by atoms with van der Waals surface area (Å²) in [6.45, 7) is 2.27. The van der Waals surface area contributed by atoms with E-state index in [1.165, 1.54) is 44.2 Å². The number of rotatable bonds is 4. The van der Waals surface area contributed by atoms with Crippen molar-refractivity contribution in [2.24, 2.45) is 17.8 Å². The third-order valence-corrected chi connectivity index (χ3v) is 7.72. The van der Waals surface area contributed by atoms with E-state index in [-0.39, 0.29) is 11.5 Å². The molecule has 168 valence electrons. The standard InChI is InChI=1S/C26H29F5/c1-2-15-3-5-16(6-4-15)17-7-9-18(10-8-17)19-11-21(27)25(22(28)12-19)20-13-23(29)26(31)24(30)14-20/h11-18H,2-10H2,1H3. The van der Waals surface area contributed by atoms with Gasteiger partial charge in [0.2, 0.25) is 0 Å². The van der Waals surface area contributed by atoms with Gasteiger partial charge in [-0.1, -0.05) is 26.2 Å². The van der Waals surface area contributed by atoms with Crippen molar-refractivity contribution in [2.75, 3.05) is 0 Å². The fourth-order valence-electron chi connectivity index (χ4n) is 5.80. The Kier molecular flexibility index (Phi) is 6.68. The highest BCUT2D eigenvalue weighted by Gasteiger charge is 2.31. The third-order valence-electron chi connectivity index (χ3n) is 7.72. The molecule has 0 bridgehead atoms. The van der Waals surface area contributed by atoms with Gasteiger partial charge in [-0.2, -0.15) is 0 Å². The largest absolute Gasteiger partial charge is 0.206 e. The van der Waals surface area contributed by atoms with E-state index >= 15 is 0 Å². The molecular formula is C26H29F5. The van der Waals surface area contributed by atoms with Gasteiger partial charge in [0.15, 0.2) is 17.5 Å². The van der Waals surface area contributed by atoms with Crippen molar-refractivity contribution in [1.82, 2.24) is 0 Å². The van der Waals surface area contributed by atoms with E-state index < -0.39 is 34.6 Å². The van der Waals surface area contributed by atoms with E-state index in [0.717, 1.165) is 37.5 Å². The van der Waals surface area contributed by atoms with Crippen molar-refractivity contribution in [1.29, 1.82) is 0 Å². The quantitative estimate of drug-likeness (QED) is 0.333. The Bertz CT molecular complexity index is 875. The molecule has 2 saturated carbocycles. The fourth-order valence-corrected chi connectivity index (χ4v) is 5.80. The van der Waals surface area contributed by atoms with Crippen LogP contribution in [0.2, 0.25) is 0 Å². The Morgan fingerprint density at radius 2 is 1.13 bits per heavy atom. The minimum absolute atomic E-state index is 0.0861. The molecule has 2 aliphatic carbocycles. The molecule has 2 aliphatic rings. The first-order chi connectivity index (χ1) is 14.9. The molecule has 0 aromatic heterocycles. The molecule has 4 rings (SSSR count). The predicted octanol–water partition coefficient (Wildman–Crippen LogP) is 8.54. The summed E-state index contributed by atoms with van der Waals surface area (Å²) in [5, 5.41) is 0. The maximum atomic E-state index is 14.8. The van der Waals surface area contributed by atoms with E-state index in [1.807, 2.05) is 0 Å². The predicted molar refractivity (Wildman–Crippen MR) is 112 cm³/mol. The van der Waals surface area contributed by atoms with Crippen molar-refractivity contribution in [3.05, 3.63) is 58.9 Å². The second-order valence-corrected chi connectivity index (χ2v) is 9.41. The van der Waals surface area contributed by atoms with Crippen molar-refractivity contribution < 1.29 is 22.0 Å². The Balaban J connectivity index is 1.46. The summed E-state index contributed by atoms with van der Waals surface area (Å²) in [6, 6.07) is 3.79. The van der Waals surface area contributed by atoms with Crippen LogP contribution in [0, 0.1) is 46.8 Å². The molecule has 0 spiro atoms. The van der Waals surface area contributed by atoms with Gasteiger partial charge in [0.1, 0.15) is 11.6 Å². The van der Waals surface area contributed by atoms with E-state index in [9.17, 15) is 22.0 Å². The van der Waals surface area contributed by atoms with E-state index in [2.05, 4.69) is 6.92 Å². The molecule has 0 N–H and O–H groups in total. The van der Waals surface area contributed by atoms with Gasteiger partial charge >= 0.3 is 0 Å². The molecule has 2 aromatic carbocycles. The normalized spacial score (nSPS) is 26.8. The van der Waals surface area contributed by atoms with E-state index in [1.54, 1.807) is 0 Å². The van der Waals surface area contributed by atoms with Crippen LogP contribution >= 0.6 is 0 Å². The zero-order chi connectivity index (χ0) is 22.1. The summed E-state index contributed by atoms with van der Waals surface area (Å²) < 4.78 is 69.8. The summed E-state index contributed by atoms with van der Waals surface area (Å²) in [4.78, 5) is 0. The minimum atomic E-state index is -1.65. The van der Waals surface area contributed by atoms with Crippen LogP contribution < -0.4 is 0 Å². The van der Waals surface area contributed by atoms with Crippen LogP contribution in [-0.4, -0.2) is 0 Å². The van der Waals surface area contributed by atoms with E-state index in [0.29, 0.717) is 23.6 Å². The number of hydrogen-bond donors (Lipinski definition) is 0. The van der Waals surface area contributed by atoms with Gasteiger partial charge < -0.3 is 0 Å². The first-order valence-corrected chi connectivity index (χ1v) is 11.5. The van der Waals surface area contributed by atoms with E-state index in [4.69, 9.17) is 0 Å². The monoisotopic (exact) mass is 436 g/mol. The van der Waals surface area contributed by atoms with Crippen molar-refractivity contribution in [2.45, 2.75) is 70.6 Å². The average molecular weight is 437 g/mol. The van der Waals surface area contributed by atoms with Crippen molar-refractivity contribution in [3.63, 3.8) is 0 Å². The zero-order valence-electron chi connectivity index (χ0n) is 17.9. The van der Waals surface area contributed by atoms with Crippen LogP contribution in [0.3, 0.4) is 0 Å². The van der Waals surface area contributed by atoms with Gasteiger partial charge in [0.05, 0.1) is 5.56 Å². The Labute approximate surface area is 180 Å². The highest BCUT2D eigenvalue weighted by Crippen LogP contribution is 2.45. The SMILES string of the molecule is CCC1CCC(C2CCC(c3cc(F)c(-c4cc(F)c(F)c(F)c4)c(F)c3)CC2)CC1. The fraction of sp³-hybridized carbons (Fsp3) is 0.538. The summed E-state index contributed by atoms with van der Waals surface area (Å²) in [7, 11) is 0. The van der Waals surface area contributed by atoms with Gasteiger partial charge in [-0.15, -0.1) is 0 Å². The molecule has 5 heteroatoms. The molecule has 0 saturated heterocycles. The molecule has 0 amide bonds. The lowest BCUT2D eigenvalue weighted by atomic mass is 9.68. The molecule has 0 unspecified atom stereocenters. The molecular weight excluding hydrogens is 407 g/mol. The molecule has 0 nitrogen and oxygen atoms in total. The Hall–Kier alpha value is -1.91. The van der Waals surface area contributed by atoms with Crippen LogP contribution in [0.4, 0.5) is 22.0 Å². The molecule has 0 radical (unpaired) electrons. The van der Waals surface area contributed by atoms with Crippen LogP contribution in [0.25, 0.3) is 11.1 Å². The summed E-state index contributed by atoms with van der Waals surface area (Å²) in [5.41, 5.74) is -0.276. The maximum Gasteiger partial charge on any atom is 0.194 e. The van der Waals surface area contributed by atoms with Gasteiger partial charge in [0, 0.05) is 0 Å². The first-order valence-electron chi connectivity index (χ1n) is 11.5. The Morgan fingerprint density at radius 1 is 0.645 bits per heavy atom. The second kappa shape index (κ2) is 9.30. The first kappa shape index (κ1) is 22.3. The number of halogens is 5. The average Bonchev–Trinajstić information content (AvgIpc) is 2.77. The highest BCUT2D eigenvalue weighted by atomic mass is 19.2. The maximum absolute atomic E-state index is 14.8. The van der Waals surface area contributed by atoms with Gasteiger partial charge in [-0.3, -0.25) is 0 Å². The second-order valence-electron chi connectivity index (χ2n) is 9.41. The van der Waals surface area contributed by atoms with Crippen molar-refractivity contribution in [3.8, 4) is 11.1 Å². The van der Waals surface area contributed by atoms with Crippen LogP contribution in [-0.2, 0) is 0 Å². The van der Waals surface area contributed by atoms with Gasteiger partial charge in [-0.05, 0) is 97.6 Å². The highest BCUT2D eigenvalue weighted by molar-refractivity contribution is 5.65.